The Balaban J connectivity index is 1.60. The largest absolute Gasteiger partial charge is 0.497 e. The molecule has 1 heterocycles. The lowest BCUT2D eigenvalue weighted by atomic mass is 10.0. The maximum Gasteiger partial charge on any atom is 0.184 e. The summed E-state index contributed by atoms with van der Waals surface area (Å²) in [5.74, 6) is 1.15. The van der Waals surface area contributed by atoms with Crippen molar-refractivity contribution in [1.82, 2.24) is 0 Å². The fourth-order valence-corrected chi connectivity index (χ4v) is 6.01. The van der Waals surface area contributed by atoms with Gasteiger partial charge in [-0.2, -0.15) is 0 Å². The summed E-state index contributed by atoms with van der Waals surface area (Å²) in [6.07, 6.45) is -0.735. The predicted octanol–water partition coefficient (Wildman–Crippen LogP) is 4.59. The van der Waals surface area contributed by atoms with Crippen molar-refractivity contribution in [3.05, 3.63) is 90.0 Å². The van der Waals surface area contributed by atoms with Crippen LogP contribution in [0.15, 0.2) is 83.8 Å². The van der Waals surface area contributed by atoms with Gasteiger partial charge in [0.05, 0.1) is 43.7 Å². The molecule has 1 aliphatic heterocycles. The molecule has 3 aromatic rings. The van der Waals surface area contributed by atoms with Crippen LogP contribution in [0.2, 0.25) is 0 Å². The Morgan fingerprint density at radius 2 is 1.61 bits per heavy atom. The Bertz CT molecular complexity index is 1150. The van der Waals surface area contributed by atoms with Crippen LogP contribution in [0.5, 0.6) is 11.5 Å². The minimum absolute atomic E-state index is 0.280. The molecule has 0 saturated carbocycles. The minimum Gasteiger partial charge on any atom is -0.497 e. The van der Waals surface area contributed by atoms with E-state index in [1.165, 1.54) is 0 Å². The first-order valence-corrected chi connectivity index (χ1v) is 12.4. The summed E-state index contributed by atoms with van der Waals surface area (Å²) in [6, 6.07) is 23.7. The van der Waals surface area contributed by atoms with Gasteiger partial charge in [-0.1, -0.05) is 48.5 Å². The van der Waals surface area contributed by atoms with Crippen LogP contribution in [0.3, 0.4) is 0 Å². The summed E-state index contributed by atoms with van der Waals surface area (Å²) in [5.41, 5.74) is 1.73. The monoisotopic (exact) mass is 468 g/mol. The van der Waals surface area contributed by atoms with E-state index in [1.54, 1.807) is 56.7 Å². The fourth-order valence-electron chi connectivity index (χ4n) is 4.12. The molecule has 0 aliphatic carbocycles. The SMILES string of the molecule is COc1ccc([C@H]2O[C@H](COCc3ccccc3)C[C@@H]2S(=O)(=O)c2ccccc2)c(OC)c1. The van der Waals surface area contributed by atoms with Gasteiger partial charge in [-0.3, -0.25) is 0 Å². The van der Waals surface area contributed by atoms with E-state index in [-0.39, 0.29) is 11.0 Å². The molecule has 1 fully saturated rings. The van der Waals surface area contributed by atoms with Gasteiger partial charge in [-0.25, -0.2) is 8.42 Å². The molecule has 0 N–H and O–H groups in total. The summed E-state index contributed by atoms with van der Waals surface area (Å²) in [7, 11) is -0.531. The van der Waals surface area contributed by atoms with Crippen molar-refractivity contribution >= 4 is 9.84 Å². The van der Waals surface area contributed by atoms with Crippen molar-refractivity contribution in [2.45, 2.75) is 35.4 Å². The second-order valence-electron chi connectivity index (χ2n) is 7.92. The summed E-state index contributed by atoms with van der Waals surface area (Å²) in [6.45, 7) is 0.734. The first-order chi connectivity index (χ1) is 16.0. The predicted molar refractivity (Wildman–Crippen MR) is 125 cm³/mol. The molecular weight excluding hydrogens is 440 g/mol. The normalized spacial score (nSPS) is 20.5. The molecule has 1 aliphatic rings. The average Bonchev–Trinajstić information content (AvgIpc) is 3.29. The first kappa shape index (κ1) is 23.3. The molecule has 0 amide bonds. The Hall–Kier alpha value is -2.87. The lowest BCUT2D eigenvalue weighted by Gasteiger charge is -2.22. The molecule has 0 radical (unpaired) electrons. The van der Waals surface area contributed by atoms with Crippen LogP contribution in [0.1, 0.15) is 23.7 Å². The Labute approximate surface area is 195 Å². The van der Waals surface area contributed by atoms with Gasteiger partial charge in [-0.05, 0) is 36.2 Å². The highest BCUT2D eigenvalue weighted by Crippen LogP contribution is 2.44. The van der Waals surface area contributed by atoms with E-state index >= 15 is 0 Å². The number of methoxy groups -OCH3 is 2. The van der Waals surface area contributed by atoms with Gasteiger partial charge >= 0.3 is 0 Å². The summed E-state index contributed by atoms with van der Waals surface area (Å²) in [5, 5.41) is -0.771. The van der Waals surface area contributed by atoms with Gasteiger partial charge in [-0.15, -0.1) is 0 Å². The lowest BCUT2D eigenvalue weighted by molar-refractivity contribution is -0.0207. The van der Waals surface area contributed by atoms with Crippen molar-refractivity contribution in [3.63, 3.8) is 0 Å². The molecule has 174 valence electrons. The van der Waals surface area contributed by atoms with E-state index in [9.17, 15) is 8.42 Å². The molecule has 3 atom stereocenters. The van der Waals surface area contributed by atoms with Gasteiger partial charge in [0.1, 0.15) is 17.6 Å². The smallest absolute Gasteiger partial charge is 0.184 e. The third kappa shape index (κ3) is 5.21. The highest BCUT2D eigenvalue weighted by Gasteiger charge is 2.45. The highest BCUT2D eigenvalue weighted by molar-refractivity contribution is 7.92. The Morgan fingerprint density at radius 1 is 0.909 bits per heavy atom. The zero-order valence-corrected chi connectivity index (χ0v) is 19.5. The Kier molecular flexibility index (Phi) is 7.33. The number of benzene rings is 3. The van der Waals surface area contributed by atoms with Gasteiger partial charge in [0.25, 0.3) is 0 Å². The van der Waals surface area contributed by atoms with Crippen LogP contribution < -0.4 is 9.47 Å². The van der Waals surface area contributed by atoms with Crippen LogP contribution in [-0.4, -0.2) is 40.6 Å². The van der Waals surface area contributed by atoms with E-state index in [4.69, 9.17) is 18.9 Å². The number of hydrogen-bond acceptors (Lipinski definition) is 6. The third-order valence-electron chi connectivity index (χ3n) is 5.80. The van der Waals surface area contributed by atoms with E-state index < -0.39 is 21.2 Å². The minimum atomic E-state index is -3.65. The number of ether oxygens (including phenoxy) is 4. The number of sulfone groups is 1. The molecule has 0 bridgehead atoms. The standard InChI is InChI=1S/C26H28O6S/c1-29-20-13-14-23(24(15-20)30-2)26-25(33(27,28)22-11-7-4-8-12-22)16-21(32-26)18-31-17-19-9-5-3-6-10-19/h3-15,21,25-26H,16-18H2,1-2H3/t21-,25-,26+/m0/s1. The molecule has 1 saturated heterocycles. The quantitative estimate of drug-likeness (QED) is 0.457. The van der Waals surface area contributed by atoms with Crippen molar-refractivity contribution in [3.8, 4) is 11.5 Å². The van der Waals surface area contributed by atoms with Crippen LogP contribution in [0, 0.1) is 0 Å². The summed E-state index contributed by atoms with van der Waals surface area (Å²) in [4.78, 5) is 0.280. The molecular formula is C26H28O6S. The number of hydrogen-bond donors (Lipinski definition) is 0. The van der Waals surface area contributed by atoms with E-state index in [0.29, 0.717) is 36.7 Å². The third-order valence-corrected chi connectivity index (χ3v) is 7.97. The second-order valence-corrected chi connectivity index (χ2v) is 10.1. The van der Waals surface area contributed by atoms with Crippen molar-refractivity contribution < 1.29 is 27.4 Å². The van der Waals surface area contributed by atoms with E-state index in [2.05, 4.69) is 0 Å². The Morgan fingerprint density at radius 3 is 2.27 bits per heavy atom. The second kappa shape index (κ2) is 10.4. The summed E-state index contributed by atoms with van der Waals surface area (Å²) >= 11 is 0. The maximum atomic E-state index is 13.6. The molecule has 0 spiro atoms. The van der Waals surface area contributed by atoms with Crippen molar-refractivity contribution in [2.75, 3.05) is 20.8 Å². The summed E-state index contributed by atoms with van der Waals surface area (Å²) < 4.78 is 50.2. The van der Waals surface area contributed by atoms with Gasteiger partial charge in [0.15, 0.2) is 9.84 Å². The van der Waals surface area contributed by atoms with Crippen molar-refractivity contribution in [2.24, 2.45) is 0 Å². The van der Waals surface area contributed by atoms with Gasteiger partial charge < -0.3 is 18.9 Å². The maximum absolute atomic E-state index is 13.6. The fraction of sp³-hybridized carbons (Fsp3) is 0.308. The molecule has 0 aromatic heterocycles. The molecule has 7 heteroatoms. The van der Waals surface area contributed by atoms with Crippen LogP contribution in [0.25, 0.3) is 0 Å². The van der Waals surface area contributed by atoms with Crippen LogP contribution in [0.4, 0.5) is 0 Å². The topological polar surface area (TPSA) is 71.1 Å². The molecule has 33 heavy (non-hydrogen) atoms. The molecule has 6 nitrogen and oxygen atoms in total. The van der Waals surface area contributed by atoms with Gasteiger partial charge in [0.2, 0.25) is 0 Å². The molecule has 4 rings (SSSR count). The highest BCUT2D eigenvalue weighted by atomic mass is 32.2. The van der Waals surface area contributed by atoms with Crippen LogP contribution in [-0.2, 0) is 25.9 Å². The van der Waals surface area contributed by atoms with Gasteiger partial charge in [0, 0.05) is 11.6 Å². The first-order valence-electron chi connectivity index (χ1n) is 10.8. The molecule has 3 aromatic carbocycles. The molecule has 0 unspecified atom stereocenters. The van der Waals surface area contributed by atoms with E-state index in [1.807, 2.05) is 36.4 Å². The van der Waals surface area contributed by atoms with E-state index in [0.717, 1.165) is 5.56 Å². The zero-order chi connectivity index (χ0) is 23.3. The van der Waals surface area contributed by atoms with Crippen LogP contribution >= 0.6 is 0 Å². The number of rotatable bonds is 9. The zero-order valence-electron chi connectivity index (χ0n) is 18.7. The lowest BCUT2D eigenvalue weighted by Crippen LogP contribution is -2.25. The van der Waals surface area contributed by atoms with Crippen molar-refractivity contribution in [1.29, 1.82) is 0 Å². The average molecular weight is 469 g/mol.